The molecule has 1 aromatic heterocycles. The monoisotopic (exact) mass is 287 g/mol. The van der Waals surface area contributed by atoms with Crippen LogP contribution in [0.25, 0.3) is 0 Å². The molecule has 2 fully saturated rings. The summed E-state index contributed by atoms with van der Waals surface area (Å²) in [6.45, 7) is 4.50. The summed E-state index contributed by atoms with van der Waals surface area (Å²) in [7, 11) is 2.17. The molecule has 2 heterocycles. The van der Waals surface area contributed by atoms with E-state index in [1.54, 1.807) is 6.20 Å². The zero-order chi connectivity index (χ0) is 14.7. The maximum atomic E-state index is 8.77. The number of rotatable bonds is 5. The fourth-order valence-corrected chi connectivity index (χ4v) is 2.74. The first-order valence-corrected chi connectivity index (χ1v) is 7.52. The topological polar surface area (TPSA) is 65.3 Å². The third kappa shape index (κ3) is 3.90. The van der Waals surface area contributed by atoms with Crippen LogP contribution in [0.2, 0.25) is 0 Å². The van der Waals surface area contributed by atoms with E-state index >= 15 is 0 Å². The van der Waals surface area contributed by atoms with Gasteiger partial charge in [0.2, 0.25) is 0 Å². The molecule has 3 rings (SSSR count). The normalized spacial score (nSPS) is 22.3. The van der Waals surface area contributed by atoms with Crippen LogP contribution in [0.15, 0.2) is 12.4 Å². The lowest BCUT2D eigenvalue weighted by atomic mass is 10.2. The van der Waals surface area contributed by atoms with Gasteiger partial charge in [0, 0.05) is 26.2 Å². The van der Waals surface area contributed by atoms with Gasteiger partial charge in [-0.25, -0.2) is 9.97 Å². The quantitative estimate of drug-likeness (QED) is 0.801. The molecule has 0 spiro atoms. The highest BCUT2D eigenvalue weighted by molar-refractivity contribution is 5.37. The molecule has 0 bridgehead atoms. The van der Waals surface area contributed by atoms with Crippen molar-refractivity contribution in [2.45, 2.75) is 18.9 Å². The van der Waals surface area contributed by atoms with E-state index in [0.29, 0.717) is 12.3 Å². The van der Waals surface area contributed by atoms with Crippen LogP contribution in [0.1, 0.15) is 18.5 Å². The van der Waals surface area contributed by atoms with Gasteiger partial charge in [-0.15, -0.1) is 0 Å². The number of hydrogen-bond donors (Lipinski definition) is 0. The van der Waals surface area contributed by atoms with Gasteiger partial charge in [0.25, 0.3) is 0 Å². The third-order valence-electron chi connectivity index (χ3n) is 4.00. The van der Waals surface area contributed by atoms with Crippen molar-refractivity contribution in [1.29, 1.82) is 5.26 Å². The molecular formula is C15H21N5O. The third-order valence-corrected chi connectivity index (χ3v) is 4.00. The Balaban J connectivity index is 1.55. The van der Waals surface area contributed by atoms with Gasteiger partial charge >= 0.3 is 0 Å². The number of ether oxygens (including phenoxy) is 1. The molecule has 1 saturated carbocycles. The van der Waals surface area contributed by atoms with Gasteiger partial charge < -0.3 is 14.5 Å². The summed E-state index contributed by atoms with van der Waals surface area (Å²) in [6.07, 6.45) is 6.17. The van der Waals surface area contributed by atoms with Crippen molar-refractivity contribution in [3.63, 3.8) is 0 Å². The second-order valence-electron chi connectivity index (χ2n) is 5.98. The highest BCUT2D eigenvalue weighted by Crippen LogP contribution is 2.29. The van der Waals surface area contributed by atoms with Crippen molar-refractivity contribution < 1.29 is 4.74 Å². The molecule has 1 saturated heterocycles. The Kier molecular flexibility index (Phi) is 4.32. The molecule has 0 N–H and O–H groups in total. The minimum atomic E-state index is 0.208. The summed E-state index contributed by atoms with van der Waals surface area (Å²) in [5.41, 5.74) is 0.354. The van der Waals surface area contributed by atoms with Gasteiger partial charge in [-0.1, -0.05) is 0 Å². The molecule has 0 aromatic carbocycles. The molecule has 1 aliphatic heterocycles. The summed E-state index contributed by atoms with van der Waals surface area (Å²) in [6, 6.07) is 1.99. The largest absolute Gasteiger partial charge is 0.373 e. The van der Waals surface area contributed by atoms with Crippen molar-refractivity contribution in [3.05, 3.63) is 18.1 Å². The summed E-state index contributed by atoms with van der Waals surface area (Å²) in [5.74, 6) is 1.73. The zero-order valence-electron chi connectivity index (χ0n) is 12.4. The zero-order valence-corrected chi connectivity index (χ0v) is 12.4. The van der Waals surface area contributed by atoms with E-state index in [1.807, 2.05) is 6.07 Å². The van der Waals surface area contributed by atoms with Gasteiger partial charge in [-0.3, -0.25) is 0 Å². The standard InChI is InChI=1S/C15H21N5O/c1-19(9-12-2-3-12)10-14-11-20(4-5-21-14)15-8-17-13(6-16)7-18-15/h7-8,12,14H,2-5,9-11H2,1H3. The average molecular weight is 287 g/mol. The molecule has 0 radical (unpaired) electrons. The molecule has 21 heavy (non-hydrogen) atoms. The lowest BCUT2D eigenvalue weighted by Crippen LogP contribution is -2.47. The Morgan fingerprint density at radius 1 is 1.38 bits per heavy atom. The fraction of sp³-hybridized carbons (Fsp3) is 0.667. The highest BCUT2D eigenvalue weighted by atomic mass is 16.5. The highest BCUT2D eigenvalue weighted by Gasteiger charge is 2.26. The minimum Gasteiger partial charge on any atom is -0.373 e. The predicted molar refractivity (Wildman–Crippen MR) is 78.9 cm³/mol. The van der Waals surface area contributed by atoms with Gasteiger partial charge in [0.05, 0.1) is 25.1 Å². The van der Waals surface area contributed by atoms with Crippen LogP contribution in [0.5, 0.6) is 0 Å². The van der Waals surface area contributed by atoms with E-state index in [1.165, 1.54) is 25.6 Å². The van der Waals surface area contributed by atoms with Crippen LogP contribution in [-0.4, -0.2) is 60.8 Å². The van der Waals surface area contributed by atoms with Crippen LogP contribution in [-0.2, 0) is 4.74 Å². The maximum Gasteiger partial charge on any atom is 0.158 e. The predicted octanol–water partition coefficient (Wildman–Crippen LogP) is 0.895. The van der Waals surface area contributed by atoms with Crippen LogP contribution in [0.4, 0.5) is 5.82 Å². The van der Waals surface area contributed by atoms with Crippen molar-refractivity contribution in [2.75, 3.05) is 44.7 Å². The van der Waals surface area contributed by atoms with Gasteiger partial charge in [-0.2, -0.15) is 5.26 Å². The van der Waals surface area contributed by atoms with E-state index in [4.69, 9.17) is 10.00 Å². The number of likely N-dealkylation sites (N-methyl/N-ethyl adjacent to an activating group) is 1. The Hall–Kier alpha value is -1.71. The summed E-state index contributed by atoms with van der Waals surface area (Å²) in [4.78, 5) is 13.0. The Morgan fingerprint density at radius 2 is 2.24 bits per heavy atom. The van der Waals surface area contributed by atoms with Crippen LogP contribution in [0.3, 0.4) is 0 Å². The lowest BCUT2D eigenvalue weighted by molar-refractivity contribution is 0.0197. The second kappa shape index (κ2) is 6.37. The smallest absolute Gasteiger partial charge is 0.158 e. The van der Waals surface area contributed by atoms with Crippen molar-refractivity contribution in [3.8, 4) is 6.07 Å². The molecule has 1 unspecified atom stereocenters. The molecular weight excluding hydrogens is 266 g/mol. The first-order chi connectivity index (χ1) is 10.2. The van der Waals surface area contributed by atoms with E-state index < -0.39 is 0 Å². The first kappa shape index (κ1) is 14.2. The Morgan fingerprint density at radius 3 is 2.90 bits per heavy atom. The van der Waals surface area contributed by atoms with Crippen LogP contribution in [0, 0.1) is 17.2 Å². The summed E-state index contributed by atoms with van der Waals surface area (Å²) >= 11 is 0. The molecule has 0 amide bonds. The van der Waals surface area contributed by atoms with Crippen molar-refractivity contribution in [2.24, 2.45) is 5.92 Å². The molecule has 1 aliphatic carbocycles. The van der Waals surface area contributed by atoms with E-state index in [-0.39, 0.29) is 6.10 Å². The van der Waals surface area contributed by atoms with E-state index in [0.717, 1.165) is 31.4 Å². The number of hydrogen-bond acceptors (Lipinski definition) is 6. The summed E-state index contributed by atoms with van der Waals surface area (Å²) in [5, 5.41) is 8.77. The Bertz CT molecular complexity index is 508. The maximum absolute atomic E-state index is 8.77. The molecule has 6 nitrogen and oxygen atoms in total. The minimum absolute atomic E-state index is 0.208. The molecule has 2 aliphatic rings. The van der Waals surface area contributed by atoms with Gasteiger partial charge in [0.15, 0.2) is 5.69 Å². The van der Waals surface area contributed by atoms with Crippen molar-refractivity contribution >= 4 is 5.82 Å². The molecule has 112 valence electrons. The van der Waals surface area contributed by atoms with Gasteiger partial charge in [0.1, 0.15) is 11.9 Å². The summed E-state index contributed by atoms with van der Waals surface area (Å²) < 4.78 is 5.86. The second-order valence-corrected chi connectivity index (χ2v) is 5.98. The molecule has 6 heteroatoms. The van der Waals surface area contributed by atoms with Crippen molar-refractivity contribution in [1.82, 2.24) is 14.9 Å². The first-order valence-electron chi connectivity index (χ1n) is 7.52. The number of nitriles is 1. The van der Waals surface area contributed by atoms with E-state index in [2.05, 4.69) is 26.8 Å². The SMILES string of the molecule is CN(CC1CC1)CC1CN(c2cnc(C#N)cn2)CCO1. The molecule has 1 aromatic rings. The lowest BCUT2D eigenvalue weighted by Gasteiger charge is -2.35. The Labute approximate surface area is 125 Å². The number of aromatic nitrogens is 2. The number of anilines is 1. The van der Waals surface area contributed by atoms with Gasteiger partial charge in [-0.05, 0) is 25.8 Å². The van der Waals surface area contributed by atoms with E-state index in [9.17, 15) is 0 Å². The van der Waals surface area contributed by atoms with Crippen LogP contribution >= 0.6 is 0 Å². The average Bonchev–Trinajstić information content (AvgIpc) is 3.31. The fourth-order valence-electron chi connectivity index (χ4n) is 2.74. The van der Waals surface area contributed by atoms with Crippen LogP contribution < -0.4 is 4.90 Å². The molecule has 1 atom stereocenters. The number of nitrogens with zero attached hydrogens (tertiary/aromatic N) is 5. The number of morpholine rings is 1.